The van der Waals surface area contributed by atoms with Crippen molar-refractivity contribution in [1.82, 2.24) is 9.80 Å². The van der Waals surface area contributed by atoms with Gasteiger partial charge in [0.25, 0.3) is 0 Å². The summed E-state index contributed by atoms with van der Waals surface area (Å²) >= 11 is 0. The van der Waals surface area contributed by atoms with E-state index in [-0.39, 0.29) is 6.03 Å². The fraction of sp³-hybridized carbons (Fsp3) is 0.500. The van der Waals surface area contributed by atoms with Gasteiger partial charge in [-0.3, -0.25) is 0 Å². The summed E-state index contributed by atoms with van der Waals surface area (Å²) in [6, 6.07) is 6.73. The van der Waals surface area contributed by atoms with E-state index in [4.69, 9.17) is 4.74 Å². The summed E-state index contributed by atoms with van der Waals surface area (Å²) in [5.74, 6) is -0.422. The van der Waals surface area contributed by atoms with Crippen molar-refractivity contribution in [3.05, 3.63) is 29.8 Å². The normalized spacial score (nSPS) is 15.5. The van der Waals surface area contributed by atoms with Gasteiger partial charge in [-0.25, -0.2) is 9.59 Å². The van der Waals surface area contributed by atoms with Gasteiger partial charge in [0.05, 0.1) is 17.9 Å². The Morgan fingerprint density at radius 3 is 2.45 bits per heavy atom. The highest BCUT2D eigenvalue weighted by molar-refractivity contribution is 6.00. The first-order chi connectivity index (χ1) is 10.7. The van der Waals surface area contributed by atoms with E-state index < -0.39 is 5.97 Å². The van der Waals surface area contributed by atoms with Crippen LogP contribution in [0.4, 0.5) is 10.5 Å². The molecule has 6 heteroatoms. The maximum absolute atomic E-state index is 12.3. The number of para-hydroxylation sites is 1. The molecule has 1 aromatic carbocycles. The van der Waals surface area contributed by atoms with Gasteiger partial charge in [0.15, 0.2) is 0 Å². The SMILES string of the molecule is CCOC(=O)c1ccccc1NC(=O)N1CCN(CC)CC1. The van der Waals surface area contributed by atoms with Crippen LogP contribution in [0, 0.1) is 0 Å². The Bertz CT molecular complexity index is 525. The van der Waals surface area contributed by atoms with Crippen LogP contribution in [-0.2, 0) is 4.74 Å². The standard InChI is InChI=1S/C16H23N3O3/c1-3-18-9-11-19(12-10-18)16(21)17-14-8-6-5-7-13(14)15(20)22-4-2/h5-8H,3-4,9-12H2,1-2H3,(H,17,21). The maximum atomic E-state index is 12.3. The smallest absolute Gasteiger partial charge is 0.340 e. The van der Waals surface area contributed by atoms with E-state index in [9.17, 15) is 9.59 Å². The third-order valence-electron chi connectivity index (χ3n) is 3.77. The minimum absolute atomic E-state index is 0.174. The zero-order chi connectivity index (χ0) is 15.9. The van der Waals surface area contributed by atoms with Crippen molar-refractivity contribution in [2.24, 2.45) is 0 Å². The van der Waals surface area contributed by atoms with E-state index in [1.54, 1.807) is 36.1 Å². The summed E-state index contributed by atoms with van der Waals surface area (Å²) in [5, 5.41) is 2.82. The second kappa shape index (κ2) is 7.79. The number of urea groups is 1. The second-order valence-corrected chi connectivity index (χ2v) is 5.12. The predicted molar refractivity (Wildman–Crippen MR) is 85.1 cm³/mol. The number of nitrogens with one attached hydrogen (secondary N) is 1. The molecular formula is C16H23N3O3. The van der Waals surface area contributed by atoms with Crippen LogP contribution in [0.3, 0.4) is 0 Å². The number of piperazine rings is 1. The Kier molecular flexibility index (Phi) is 5.77. The van der Waals surface area contributed by atoms with Crippen LogP contribution in [-0.4, -0.2) is 61.1 Å². The predicted octanol–water partition coefficient (Wildman–Crippen LogP) is 2.03. The van der Waals surface area contributed by atoms with E-state index in [0.717, 1.165) is 19.6 Å². The Labute approximate surface area is 131 Å². The third kappa shape index (κ3) is 3.98. The highest BCUT2D eigenvalue weighted by Crippen LogP contribution is 2.17. The van der Waals surface area contributed by atoms with Gasteiger partial charge in [-0.05, 0) is 25.6 Å². The van der Waals surface area contributed by atoms with Crippen molar-refractivity contribution >= 4 is 17.7 Å². The monoisotopic (exact) mass is 305 g/mol. The summed E-state index contributed by atoms with van der Waals surface area (Å²) in [4.78, 5) is 28.3. The summed E-state index contributed by atoms with van der Waals surface area (Å²) in [5.41, 5.74) is 0.869. The molecule has 0 radical (unpaired) electrons. The van der Waals surface area contributed by atoms with Gasteiger partial charge in [-0.2, -0.15) is 0 Å². The summed E-state index contributed by atoms with van der Waals surface area (Å²) in [6.07, 6.45) is 0. The van der Waals surface area contributed by atoms with Crippen LogP contribution in [0.25, 0.3) is 0 Å². The van der Waals surface area contributed by atoms with Gasteiger partial charge < -0.3 is 19.9 Å². The fourth-order valence-corrected chi connectivity index (χ4v) is 2.44. The van der Waals surface area contributed by atoms with Gasteiger partial charge in [0.2, 0.25) is 0 Å². The van der Waals surface area contributed by atoms with E-state index in [1.807, 2.05) is 0 Å². The number of anilines is 1. The zero-order valence-electron chi connectivity index (χ0n) is 13.2. The van der Waals surface area contributed by atoms with E-state index in [1.165, 1.54) is 0 Å². The molecule has 2 amide bonds. The molecule has 22 heavy (non-hydrogen) atoms. The topological polar surface area (TPSA) is 61.9 Å². The van der Waals surface area contributed by atoms with Crippen molar-refractivity contribution in [2.75, 3.05) is 44.6 Å². The molecule has 0 atom stereocenters. The van der Waals surface area contributed by atoms with Gasteiger partial charge in [-0.15, -0.1) is 0 Å². The van der Waals surface area contributed by atoms with Crippen molar-refractivity contribution in [1.29, 1.82) is 0 Å². The number of likely N-dealkylation sites (N-methyl/N-ethyl adjacent to an activating group) is 1. The molecule has 1 N–H and O–H groups in total. The Balaban J connectivity index is 2.01. The molecule has 2 rings (SSSR count). The van der Waals surface area contributed by atoms with Crippen LogP contribution in [0.5, 0.6) is 0 Å². The third-order valence-corrected chi connectivity index (χ3v) is 3.77. The van der Waals surface area contributed by atoms with Crippen LogP contribution in [0.2, 0.25) is 0 Å². The van der Waals surface area contributed by atoms with Crippen LogP contribution in [0.15, 0.2) is 24.3 Å². The van der Waals surface area contributed by atoms with Crippen molar-refractivity contribution in [3.8, 4) is 0 Å². The Hall–Kier alpha value is -2.08. The van der Waals surface area contributed by atoms with E-state index >= 15 is 0 Å². The first-order valence-electron chi connectivity index (χ1n) is 7.70. The van der Waals surface area contributed by atoms with Crippen LogP contribution in [0.1, 0.15) is 24.2 Å². The molecule has 1 aromatic rings. The lowest BCUT2D eigenvalue weighted by Gasteiger charge is -2.34. The molecule has 1 aliphatic rings. The van der Waals surface area contributed by atoms with Crippen LogP contribution < -0.4 is 5.32 Å². The second-order valence-electron chi connectivity index (χ2n) is 5.12. The fourth-order valence-electron chi connectivity index (χ4n) is 2.44. The molecule has 120 valence electrons. The van der Waals surface area contributed by atoms with Crippen molar-refractivity contribution < 1.29 is 14.3 Å². The molecule has 0 saturated carbocycles. The molecule has 1 saturated heterocycles. The zero-order valence-corrected chi connectivity index (χ0v) is 13.2. The first-order valence-corrected chi connectivity index (χ1v) is 7.70. The van der Waals surface area contributed by atoms with E-state index in [0.29, 0.717) is 30.9 Å². The van der Waals surface area contributed by atoms with Crippen molar-refractivity contribution in [3.63, 3.8) is 0 Å². The highest BCUT2D eigenvalue weighted by Gasteiger charge is 2.21. The Morgan fingerprint density at radius 2 is 1.82 bits per heavy atom. The average Bonchev–Trinajstić information content (AvgIpc) is 2.55. The minimum atomic E-state index is -0.422. The highest BCUT2D eigenvalue weighted by atomic mass is 16.5. The number of rotatable bonds is 4. The maximum Gasteiger partial charge on any atom is 0.340 e. The molecule has 0 aromatic heterocycles. The summed E-state index contributed by atoms with van der Waals surface area (Å²) < 4.78 is 5.01. The van der Waals surface area contributed by atoms with Crippen molar-refractivity contribution in [2.45, 2.75) is 13.8 Å². The molecule has 6 nitrogen and oxygen atoms in total. The number of carbonyl (C=O) groups is 2. The number of esters is 1. The summed E-state index contributed by atoms with van der Waals surface area (Å²) in [7, 11) is 0. The number of hydrogen-bond donors (Lipinski definition) is 1. The molecule has 1 aliphatic heterocycles. The van der Waals surface area contributed by atoms with Gasteiger partial charge >= 0.3 is 12.0 Å². The number of benzene rings is 1. The van der Waals surface area contributed by atoms with Gasteiger partial charge in [0.1, 0.15) is 0 Å². The number of carbonyl (C=O) groups excluding carboxylic acids is 2. The molecule has 1 fully saturated rings. The average molecular weight is 305 g/mol. The molecule has 0 bridgehead atoms. The van der Waals surface area contributed by atoms with Gasteiger partial charge in [0, 0.05) is 26.2 Å². The lowest BCUT2D eigenvalue weighted by Crippen LogP contribution is -2.49. The quantitative estimate of drug-likeness (QED) is 0.865. The number of nitrogens with zero attached hydrogens (tertiary/aromatic N) is 2. The molecular weight excluding hydrogens is 282 g/mol. The largest absolute Gasteiger partial charge is 0.462 e. The Morgan fingerprint density at radius 1 is 1.14 bits per heavy atom. The summed E-state index contributed by atoms with van der Waals surface area (Å²) in [6.45, 7) is 8.33. The number of hydrogen-bond acceptors (Lipinski definition) is 4. The first kappa shape index (κ1) is 16.3. The molecule has 0 unspecified atom stereocenters. The lowest BCUT2D eigenvalue weighted by molar-refractivity contribution is 0.0527. The molecule has 0 aliphatic carbocycles. The lowest BCUT2D eigenvalue weighted by atomic mass is 10.2. The number of amides is 2. The number of ether oxygens (including phenoxy) is 1. The van der Waals surface area contributed by atoms with Gasteiger partial charge in [-0.1, -0.05) is 19.1 Å². The van der Waals surface area contributed by atoms with Crippen LogP contribution >= 0.6 is 0 Å². The van der Waals surface area contributed by atoms with E-state index in [2.05, 4.69) is 17.1 Å². The minimum Gasteiger partial charge on any atom is -0.462 e. The molecule has 1 heterocycles. The molecule has 0 spiro atoms.